The molecule has 2 rings (SSSR count). The molecule has 23 heavy (non-hydrogen) atoms. The number of phenols is 1. The highest BCUT2D eigenvalue weighted by Gasteiger charge is 2.01. The fraction of sp³-hybridized carbons (Fsp3) is 0.125. The zero-order valence-electron chi connectivity index (χ0n) is 12.4. The van der Waals surface area contributed by atoms with Gasteiger partial charge in [-0.3, -0.25) is 4.79 Å². The summed E-state index contributed by atoms with van der Waals surface area (Å²) < 4.78 is 5.87. The SMILES string of the molecule is COc1ccc(NCC(=O)NN=Cc2cc(Br)ccc2O)cc1. The van der Waals surface area contributed by atoms with Gasteiger partial charge in [0.2, 0.25) is 0 Å². The maximum Gasteiger partial charge on any atom is 0.259 e. The first-order valence-corrected chi connectivity index (χ1v) is 7.56. The van der Waals surface area contributed by atoms with Gasteiger partial charge in [0.05, 0.1) is 19.9 Å². The van der Waals surface area contributed by atoms with Gasteiger partial charge >= 0.3 is 0 Å². The van der Waals surface area contributed by atoms with Crippen molar-refractivity contribution in [3.8, 4) is 11.5 Å². The third-order valence-electron chi connectivity index (χ3n) is 2.93. The topological polar surface area (TPSA) is 83.0 Å². The Bertz CT molecular complexity index is 702. The van der Waals surface area contributed by atoms with Gasteiger partial charge in [0.15, 0.2) is 0 Å². The lowest BCUT2D eigenvalue weighted by Gasteiger charge is -2.06. The maximum absolute atomic E-state index is 11.7. The van der Waals surface area contributed by atoms with Gasteiger partial charge in [-0.15, -0.1) is 0 Å². The summed E-state index contributed by atoms with van der Waals surface area (Å²) in [6.45, 7) is 0.0775. The van der Waals surface area contributed by atoms with Crippen LogP contribution in [0.25, 0.3) is 0 Å². The molecule has 0 bridgehead atoms. The molecule has 3 N–H and O–H groups in total. The summed E-state index contributed by atoms with van der Waals surface area (Å²) in [7, 11) is 1.59. The lowest BCUT2D eigenvalue weighted by molar-refractivity contribution is -0.119. The highest BCUT2D eigenvalue weighted by Crippen LogP contribution is 2.19. The summed E-state index contributed by atoms with van der Waals surface area (Å²) >= 11 is 3.30. The second-order valence-corrected chi connectivity index (χ2v) is 5.49. The van der Waals surface area contributed by atoms with Gasteiger partial charge in [0.1, 0.15) is 11.5 Å². The van der Waals surface area contributed by atoms with Crippen LogP contribution in [0.4, 0.5) is 5.69 Å². The highest BCUT2D eigenvalue weighted by atomic mass is 79.9. The number of hydrogen-bond donors (Lipinski definition) is 3. The molecular formula is C16H16BrN3O3. The zero-order chi connectivity index (χ0) is 16.7. The molecule has 0 saturated heterocycles. The van der Waals surface area contributed by atoms with Crippen LogP contribution < -0.4 is 15.5 Å². The van der Waals surface area contributed by atoms with Crippen molar-refractivity contribution in [2.75, 3.05) is 19.0 Å². The minimum absolute atomic E-state index is 0.0775. The Labute approximate surface area is 142 Å². The molecule has 0 aliphatic heterocycles. The number of phenolic OH excluding ortho intramolecular Hbond substituents is 1. The van der Waals surface area contributed by atoms with Crippen molar-refractivity contribution in [3.05, 3.63) is 52.5 Å². The Balaban J connectivity index is 1.82. The molecule has 0 radical (unpaired) electrons. The Kier molecular flexibility index (Phi) is 5.99. The molecule has 2 aromatic carbocycles. The van der Waals surface area contributed by atoms with Gasteiger partial charge in [-0.2, -0.15) is 5.10 Å². The van der Waals surface area contributed by atoms with Crippen LogP contribution in [-0.4, -0.2) is 30.9 Å². The van der Waals surface area contributed by atoms with Crippen LogP contribution >= 0.6 is 15.9 Å². The van der Waals surface area contributed by atoms with Crippen molar-refractivity contribution in [1.29, 1.82) is 0 Å². The minimum atomic E-state index is -0.299. The van der Waals surface area contributed by atoms with Crippen molar-refractivity contribution in [3.63, 3.8) is 0 Å². The molecule has 2 aromatic rings. The summed E-state index contributed by atoms with van der Waals surface area (Å²) in [5.74, 6) is 0.535. The summed E-state index contributed by atoms with van der Waals surface area (Å²) in [5.41, 5.74) is 3.69. The molecule has 0 spiro atoms. The summed E-state index contributed by atoms with van der Waals surface area (Å²) in [6.07, 6.45) is 1.38. The van der Waals surface area contributed by atoms with Gasteiger partial charge in [0, 0.05) is 15.7 Å². The van der Waals surface area contributed by atoms with E-state index in [4.69, 9.17) is 4.74 Å². The van der Waals surface area contributed by atoms with Crippen LogP contribution in [0.3, 0.4) is 0 Å². The Morgan fingerprint density at radius 2 is 2.04 bits per heavy atom. The molecule has 1 amide bonds. The second kappa shape index (κ2) is 8.19. The largest absolute Gasteiger partial charge is 0.507 e. The molecule has 0 aliphatic carbocycles. The van der Waals surface area contributed by atoms with Gasteiger partial charge in [-0.25, -0.2) is 5.43 Å². The van der Waals surface area contributed by atoms with Gasteiger partial charge in [-0.05, 0) is 42.5 Å². The number of rotatable bonds is 6. The normalized spacial score (nSPS) is 10.5. The molecule has 120 valence electrons. The summed E-state index contributed by atoms with van der Waals surface area (Å²) in [6, 6.07) is 12.2. The Hall–Kier alpha value is -2.54. The Morgan fingerprint density at radius 3 is 2.74 bits per heavy atom. The fourth-order valence-corrected chi connectivity index (χ4v) is 2.11. The fourth-order valence-electron chi connectivity index (χ4n) is 1.73. The number of carbonyl (C=O) groups is 1. The molecule has 7 heteroatoms. The highest BCUT2D eigenvalue weighted by molar-refractivity contribution is 9.10. The van der Waals surface area contributed by atoms with E-state index in [0.29, 0.717) is 5.56 Å². The number of hydrogen-bond acceptors (Lipinski definition) is 5. The first-order valence-electron chi connectivity index (χ1n) is 6.77. The van der Waals surface area contributed by atoms with Gasteiger partial charge in [0.25, 0.3) is 5.91 Å². The molecule has 0 saturated carbocycles. The van der Waals surface area contributed by atoms with E-state index in [1.54, 1.807) is 37.4 Å². The number of nitrogens with zero attached hydrogens (tertiary/aromatic N) is 1. The van der Waals surface area contributed by atoms with E-state index in [1.807, 2.05) is 12.1 Å². The molecule has 6 nitrogen and oxygen atoms in total. The lowest BCUT2D eigenvalue weighted by atomic mass is 10.2. The maximum atomic E-state index is 11.7. The number of carbonyl (C=O) groups excluding carboxylic acids is 1. The molecule has 0 atom stereocenters. The van der Waals surface area contributed by atoms with Crippen LogP contribution in [0.2, 0.25) is 0 Å². The standard InChI is InChI=1S/C16H16BrN3O3/c1-23-14-5-3-13(4-6-14)18-10-16(22)20-19-9-11-8-12(17)2-7-15(11)21/h2-9,18,21H,10H2,1H3,(H,20,22). The van der Waals surface area contributed by atoms with E-state index >= 15 is 0 Å². The molecule has 0 heterocycles. The molecule has 0 aliphatic rings. The van der Waals surface area contributed by atoms with Crippen molar-refractivity contribution < 1.29 is 14.6 Å². The molecule has 0 aromatic heterocycles. The number of amides is 1. The smallest absolute Gasteiger partial charge is 0.259 e. The zero-order valence-corrected chi connectivity index (χ0v) is 14.0. The number of nitrogens with one attached hydrogen (secondary N) is 2. The lowest BCUT2D eigenvalue weighted by Crippen LogP contribution is -2.25. The molecule has 0 fully saturated rings. The number of ether oxygens (including phenoxy) is 1. The predicted octanol–water partition coefficient (Wildman–Crippen LogP) is 2.73. The number of anilines is 1. The Morgan fingerprint density at radius 1 is 1.30 bits per heavy atom. The van der Waals surface area contributed by atoms with Crippen LogP contribution in [0.15, 0.2) is 52.0 Å². The minimum Gasteiger partial charge on any atom is -0.507 e. The van der Waals surface area contributed by atoms with E-state index in [-0.39, 0.29) is 18.2 Å². The van der Waals surface area contributed by atoms with Gasteiger partial charge < -0.3 is 15.2 Å². The van der Waals surface area contributed by atoms with Crippen LogP contribution in [0.1, 0.15) is 5.56 Å². The van der Waals surface area contributed by atoms with Crippen LogP contribution in [-0.2, 0) is 4.79 Å². The quantitative estimate of drug-likeness (QED) is 0.533. The average Bonchev–Trinajstić information content (AvgIpc) is 2.56. The van der Waals surface area contributed by atoms with Crippen molar-refractivity contribution in [2.24, 2.45) is 5.10 Å². The van der Waals surface area contributed by atoms with Crippen molar-refractivity contribution in [1.82, 2.24) is 5.43 Å². The third kappa shape index (κ3) is 5.30. The first-order chi connectivity index (χ1) is 11.1. The number of hydrazone groups is 1. The van der Waals surface area contributed by atoms with Crippen molar-refractivity contribution >= 4 is 33.7 Å². The molecular weight excluding hydrogens is 362 g/mol. The number of halogens is 1. The summed E-state index contributed by atoms with van der Waals surface area (Å²) in [5, 5.41) is 16.4. The van der Waals surface area contributed by atoms with E-state index in [1.165, 1.54) is 6.21 Å². The number of methoxy groups -OCH3 is 1. The monoisotopic (exact) mass is 377 g/mol. The van der Waals surface area contributed by atoms with E-state index in [0.717, 1.165) is 15.9 Å². The summed E-state index contributed by atoms with van der Waals surface area (Å²) in [4.78, 5) is 11.7. The van der Waals surface area contributed by atoms with E-state index < -0.39 is 0 Å². The van der Waals surface area contributed by atoms with Gasteiger partial charge in [-0.1, -0.05) is 15.9 Å². The molecule has 0 unspecified atom stereocenters. The van der Waals surface area contributed by atoms with Crippen LogP contribution in [0, 0.1) is 0 Å². The van der Waals surface area contributed by atoms with Crippen LogP contribution in [0.5, 0.6) is 11.5 Å². The van der Waals surface area contributed by atoms with Crippen molar-refractivity contribution in [2.45, 2.75) is 0 Å². The predicted molar refractivity (Wildman–Crippen MR) is 93.0 cm³/mol. The number of aromatic hydroxyl groups is 1. The average molecular weight is 378 g/mol. The number of benzene rings is 2. The van der Waals surface area contributed by atoms with E-state index in [2.05, 4.69) is 31.8 Å². The second-order valence-electron chi connectivity index (χ2n) is 4.58. The first kappa shape index (κ1) is 16.8. The van der Waals surface area contributed by atoms with E-state index in [9.17, 15) is 9.90 Å². The third-order valence-corrected chi connectivity index (χ3v) is 3.42.